The Hall–Kier alpha value is -3.71. The van der Waals surface area contributed by atoms with Crippen LogP contribution in [0.4, 0.5) is 11.8 Å². The van der Waals surface area contributed by atoms with Crippen LogP contribution in [-0.2, 0) is 0 Å². The van der Waals surface area contributed by atoms with Gasteiger partial charge in [0.25, 0.3) is 5.56 Å². The number of anilines is 2. The third kappa shape index (κ3) is 4.96. The van der Waals surface area contributed by atoms with Crippen molar-refractivity contribution < 1.29 is 0 Å². The van der Waals surface area contributed by atoms with Crippen molar-refractivity contribution in [3.63, 3.8) is 0 Å². The first kappa shape index (κ1) is 23.7. The van der Waals surface area contributed by atoms with E-state index in [4.69, 9.17) is 9.97 Å². The van der Waals surface area contributed by atoms with Crippen molar-refractivity contribution >= 4 is 22.7 Å². The monoisotopic (exact) mass is 494 g/mol. The fourth-order valence-corrected chi connectivity index (χ4v) is 5.77. The average Bonchev–Trinajstić information content (AvgIpc) is 2.94. The van der Waals surface area contributed by atoms with Gasteiger partial charge in [-0.05, 0) is 68.3 Å². The largest absolute Gasteiger partial charge is 0.365 e. The summed E-state index contributed by atoms with van der Waals surface area (Å²) in [5, 5.41) is 8.10. The number of H-pyrrole nitrogens is 1. The van der Waals surface area contributed by atoms with E-state index in [1.165, 1.54) is 11.1 Å². The van der Waals surface area contributed by atoms with Crippen molar-refractivity contribution in [2.45, 2.75) is 44.6 Å². The maximum Gasteiger partial charge on any atom is 0.263 e. The molecule has 3 N–H and O–H groups in total. The Balaban J connectivity index is 1.32. The van der Waals surface area contributed by atoms with Crippen LogP contribution in [-0.4, -0.2) is 47.2 Å². The van der Waals surface area contributed by atoms with Crippen LogP contribution in [0.1, 0.15) is 42.7 Å². The van der Waals surface area contributed by atoms with Gasteiger partial charge in [0.2, 0.25) is 5.95 Å². The summed E-state index contributed by atoms with van der Waals surface area (Å²) in [4.78, 5) is 28.8. The molecule has 0 aliphatic carbocycles. The molecule has 2 fully saturated rings. The Bertz CT molecular complexity index is 1450. The molecule has 2 aromatic heterocycles. The fourth-order valence-electron chi connectivity index (χ4n) is 5.77. The SMILES string of the molecule is Cc1ccccc1C1CCN(c2nc(N[C@@H]3CCCNC3)c(-c3ccc4ccccc4n3)c(=O)[nH]2)CC1. The summed E-state index contributed by atoms with van der Waals surface area (Å²) in [6, 6.07) is 20.8. The number of benzene rings is 2. The zero-order chi connectivity index (χ0) is 25.2. The van der Waals surface area contributed by atoms with Crippen molar-refractivity contribution in [1.29, 1.82) is 0 Å². The van der Waals surface area contributed by atoms with E-state index < -0.39 is 0 Å². The van der Waals surface area contributed by atoms with Crippen molar-refractivity contribution in [1.82, 2.24) is 20.3 Å². The zero-order valence-corrected chi connectivity index (χ0v) is 21.3. The third-order valence-electron chi connectivity index (χ3n) is 7.82. The van der Waals surface area contributed by atoms with Gasteiger partial charge in [-0.1, -0.05) is 48.5 Å². The topological polar surface area (TPSA) is 85.9 Å². The molecule has 2 aliphatic heterocycles. The van der Waals surface area contributed by atoms with E-state index in [1.807, 2.05) is 36.4 Å². The smallest absolute Gasteiger partial charge is 0.263 e. The van der Waals surface area contributed by atoms with E-state index in [-0.39, 0.29) is 11.6 Å². The summed E-state index contributed by atoms with van der Waals surface area (Å²) in [6.07, 6.45) is 4.22. The lowest BCUT2D eigenvalue weighted by atomic mass is 9.87. The first-order valence-electron chi connectivity index (χ1n) is 13.4. The summed E-state index contributed by atoms with van der Waals surface area (Å²) in [5.74, 6) is 1.80. The summed E-state index contributed by atoms with van der Waals surface area (Å²) in [6.45, 7) is 5.80. The lowest BCUT2D eigenvalue weighted by Gasteiger charge is -2.33. The second-order valence-corrected chi connectivity index (χ2v) is 10.3. The van der Waals surface area contributed by atoms with Crippen LogP contribution in [0.3, 0.4) is 0 Å². The van der Waals surface area contributed by atoms with E-state index in [2.05, 4.69) is 51.7 Å². The summed E-state index contributed by atoms with van der Waals surface area (Å²) in [7, 11) is 0. The molecular formula is C30H34N6O. The van der Waals surface area contributed by atoms with Crippen LogP contribution in [0.15, 0.2) is 65.5 Å². The normalized spacial score (nSPS) is 18.7. The van der Waals surface area contributed by atoms with E-state index in [9.17, 15) is 4.79 Å². The van der Waals surface area contributed by atoms with E-state index in [0.717, 1.165) is 62.8 Å². The number of aromatic nitrogens is 3. The Morgan fingerprint density at radius 1 is 0.946 bits per heavy atom. The van der Waals surface area contributed by atoms with Crippen molar-refractivity contribution in [3.8, 4) is 11.3 Å². The van der Waals surface area contributed by atoms with E-state index in [0.29, 0.717) is 28.9 Å². The highest BCUT2D eigenvalue weighted by atomic mass is 16.1. The van der Waals surface area contributed by atoms with Gasteiger partial charge in [0.05, 0.1) is 11.2 Å². The number of hydrogen-bond acceptors (Lipinski definition) is 6. The van der Waals surface area contributed by atoms with Gasteiger partial charge in [-0.3, -0.25) is 9.78 Å². The highest BCUT2D eigenvalue weighted by molar-refractivity contribution is 5.83. The molecule has 1 atom stereocenters. The lowest BCUT2D eigenvalue weighted by molar-refractivity contribution is 0.478. The van der Waals surface area contributed by atoms with Gasteiger partial charge in [-0.25, -0.2) is 4.98 Å². The molecule has 0 bridgehead atoms. The third-order valence-corrected chi connectivity index (χ3v) is 7.82. The molecule has 7 heteroatoms. The van der Waals surface area contributed by atoms with Crippen LogP contribution >= 0.6 is 0 Å². The molecule has 37 heavy (non-hydrogen) atoms. The number of aryl methyl sites for hydroxylation is 1. The molecule has 6 rings (SSSR count). The van der Waals surface area contributed by atoms with Crippen LogP contribution in [0, 0.1) is 6.92 Å². The number of piperidine rings is 2. The maximum atomic E-state index is 13.6. The maximum absolute atomic E-state index is 13.6. The second kappa shape index (κ2) is 10.3. The molecule has 0 amide bonds. The Morgan fingerprint density at radius 2 is 1.76 bits per heavy atom. The molecule has 2 aromatic carbocycles. The van der Waals surface area contributed by atoms with Gasteiger partial charge in [-0.2, -0.15) is 4.98 Å². The van der Waals surface area contributed by atoms with Gasteiger partial charge in [0, 0.05) is 31.1 Å². The second-order valence-electron chi connectivity index (χ2n) is 10.3. The first-order valence-corrected chi connectivity index (χ1v) is 13.4. The number of nitrogens with zero attached hydrogens (tertiary/aromatic N) is 3. The molecule has 0 spiro atoms. The molecule has 190 valence electrons. The van der Waals surface area contributed by atoms with Gasteiger partial charge in [-0.15, -0.1) is 0 Å². The molecule has 2 aliphatic rings. The van der Waals surface area contributed by atoms with Gasteiger partial charge in [0.15, 0.2) is 0 Å². The van der Waals surface area contributed by atoms with Crippen LogP contribution in [0.25, 0.3) is 22.2 Å². The minimum atomic E-state index is -0.153. The van der Waals surface area contributed by atoms with Crippen LogP contribution < -0.4 is 21.1 Å². The minimum Gasteiger partial charge on any atom is -0.365 e. The number of fused-ring (bicyclic) bond motifs is 1. The minimum absolute atomic E-state index is 0.153. The molecule has 4 heterocycles. The highest BCUT2D eigenvalue weighted by Crippen LogP contribution is 2.32. The number of para-hydroxylation sites is 1. The first-order chi connectivity index (χ1) is 18.2. The number of pyridine rings is 1. The van der Waals surface area contributed by atoms with Gasteiger partial charge < -0.3 is 15.5 Å². The van der Waals surface area contributed by atoms with Crippen molar-refractivity contribution in [2.24, 2.45) is 0 Å². The summed E-state index contributed by atoms with van der Waals surface area (Å²) < 4.78 is 0. The standard InChI is InChI=1S/C30H34N6O/c1-20-7-2-4-10-24(20)21-14-17-36(18-15-21)30-34-28(32-23-9-6-16-31-19-23)27(29(37)35-30)26-13-12-22-8-3-5-11-25(22)33-26/h2-5,7-8,10-13,21,23,31H,6,9,14-19H2,1H3,(H2,32,34,35,37)/t23-/m1/s1. The number of hydrogen-bond donors (Lipinski definition) is 3. The van der Waals surface area contributed by atoms with Gasteiger partial charge >= 0.3 is 0 Å². The summed E-state index contributed by atoms with van der Waals surface area (Å²) in [5.41, 5.74) is 4.66. The Labute approximate surface area is 217 Å². The van der Waals surface area contributed by atoms with E-state index >= 15 is 0 Å². The van der Waals surface area contributed by atoms with Crippen molar-refractivity contribution in [3.05, 3.63) is 82.1 Å². The van der Waals surface area contributed by atoms with Crippen molar-refractivity contribution in [2.75, 3.05) is 36.4 Å². The summed E-state index contributed by atoms with van der Waals surface area (Å²) >= 11 is 0. The van der Waals surface area contributed by atoms with Gasteiger partial charge in [0.1, 0.15) is 11.4 Å². The Morgan fingerprint density at radius 3 is 2.57 bits per heavy atom. The number of aromatic amines is 1. The average molecular weight is 495 g/mol. The molecule has 2 saturated heterocycles. The number of rotatable bonds is 5. The zero-order valence-electron chi connectivity index (χ0n) is 21.3. The highest BCUT2D eigenvalue weighted by Gasteiger charge is 2.26. The molecular weight excluding hydrogens is 460 g/mol. The molecule has 0 saturated carbocycles. The fraction of sp³-hybridized carbons (Fsp3) is 0.367. The molecule has 0 unspecified atom stereocenters. The predicted molar refractivity (Wildman–Crippen MR) is 150 cm³/mol. The lowest BCUT2D eigenvalue weighted by Crippen LogP contribution is -2.40. The number of nitrogens with one attached hydrogen (secondary N) is 3. The predicted octanol–water partition coefficient (Wildman–Crippen LogP) is 4.84. The molecule has 4 aromatic rings. The van der Waals surface area contributed by atoms with Crippen LogP contribution in [0.2, 0.25) is 0 Å². The molecule has 0 radical (unpaired) electrons. The van der Waals surface area contributed by atoms with Crippen LogP contribution in [0.5, 0.6) is 0 Å². The Kier molecular flexibility index (Phi) is 6.62. The van der Waals surface area contributed by atoms with E-state index in [1.54, 1.807) is 0 Å². The molecule has 7 nitrogen and oxygen atoms in total. The quantitative estimate of drug-likeness (QED) is 0.368.